The second-order valence-corrected chi connectivity index (χ2v) is 16.2. The Morgan fingerprint density at radius 1 is 0.467 bits per heavy atom. The molecule has 60 heavy (non-hydrogen) atoms. The summed E-state index contributed by atoms with van der Waals surface area (Å²) >= 11 is 0. The smallest absolute Gasteiger partial charge is 0.255 e. The van der Waals surface area contributed by atoms with E-state index < -0.39 is 0 Å². The molecule has 286 valence electrons. The first kappa shape index (κ1) is 34.4. The topological polar surface area (TPSA) is 36.5 Å². The zero-order valence-corrected chi connectivity index (χ0v) is 33.9. The van der Waals surface area contributed by atoms with Crippen molar-refractivity contribution in [3.63, 3.8) is 0 Å². The molecule has 12 aromatic rings. The van der Waals surface area contributed by atoms with Crippen LogP contribution < -0.4 is 4.57 Å². The van der Waals surface area contributed by atoms with Gasteiger partial charge in [-0.3, -0.25) is 0 Å². The molecule has 4 heterocycles. The standard InChI is InChI=1S/C54H41N6/c1-34-29-35(2)53(36(3)30-34)58-33-57(46-23-12-13-24-47(46)58)39-17-14-18-40(32-39)60-49-28-27-48-51(41-19-8-10-21-44(41)59(48)38-15-6-5-7-16-38)52(49)42-26-25-37(31-50(42)60)54-55-43-20-9-11-22-45(43)56(54)4/h5-33H,1-4H3/q+1. The molecular formula is C54H41N6+. The fourth-order valence-corrected chi connectivity index (χ4v) is 10.1. The van der Waals surface area contributed by atoms with E-state index in [-0.39, 0.29) is 0 Å². The average molecular weight is 774 g/mol. The third-order valence-electron chi connectivity index (χ3n) is 12.5. The zero-order chi connectivity index (χ0) is 40.2. The minimum absolute atomic E-state index is 0.944. The second-order valence-electron chi connectivity index (χ2n) is 16.2. The van der Waals surface area contributed by atoms with Crippen LogP contribution in [0.4, 0.5) is 0 Å². The van der Waals surface area contributed by atoms with Gasteiger partial charge in [0.25, 0.3) is 6.33 Å². The van der Waals surface area contributed by atoms with Gasteiger partial charge in [0, 0.05) is 45.9 Å². The number of para-hydroxylation sites is 6. The molecule has 0 fully saturated rings. The molecule has 0 aliphatic rings. The van der Waals surface area contributed by atoms with Crippen molar-refractivity contribution in [2.45, 2.75) is 20.8 Å². The number of aryl methyl sites for hydroxylation is 4. The number of fused-ring (bicyclic) bond motifs is 9. The van der Waals surface area contributed by atoms with Crippen LogP contribution in [0.5, 0.6) is 0 Å². The molecule has 6 heteroatoms. The fraction of sp³-hybridized carbons (Fsp3) is 0.0741. The van der Waals surface area contributed by atoms with E-state index >= 15 is 0 Å². The van der Waals surface area contributed by atoms with Gasteiger partial charge in [-0.25, -0.2) is 4.98 Å². The number of hydrogen-bond donors (Lipinski definition) is 0. The first-order valence-corrected chi connectivity index (χ1v) is 20.6. The molecule has 0 unspecified atom stereocenters. The number of benzene rings is 8. The molecule has 6 nitrogen and oxygen atoms in total. The molecule has 0 saturated heterocycles. The summed E-state index contributed by atoms with van der Waals surface area (Å²) in [5.41, 5.74) is 18.5. The maximum atomic E-state index is 5.15. The zero-order valence-electron chi connectivity index (χ0n) is 33.9. The molecule has 0 saturated carbocycles. The van der Waals surface area contributed by atoms with E-state index in [9.17, 15) is 0 Å². The van der Waals surface area contributed by atoms with Crippen LogP contribution in [0.1, 0.15) is 16.7 Å². The van der Waals surface area contributed by atoms with E-state index in [2.05, 4.69) is 227 Å². The molecule has 0 bridgehead atoms. The summed E-state index contributed by atoms with van der Waals surface area (Å²) in [7, 11) is 2.11. The number of hydrogen-bond acceptors (Lipinski definition) is 1. The summed E-state index contributed by atoms with van der Waals surface area (Å²) in [6, 6.07) is 61.7. The molecule has 4 aromatic heterocycles. The Morgan fingerprint density at radius 2 is 1.08 bits per heavy atom. The van der Waals surface area contributed by atoms with Crippen molar-refractivity contribution in [1.82, 2.24) is 23.3 Å². The third-order valence-corrected chi connectivity index (χ3v) is 12.5. The first-order chi connectivity index (χ1) is 29.4. The normalized spacial score (nSPS) is 12.0. The van der Waals surface area contributed by atoms with Crippen LogP contribution in [-0.2, 0) is 7.05 Å². The van der Waals surface area contributed by atoms with E-state index in [0.717, 1.165) is 56.0 Å². The van der Waals surface area contributed by atoms with Crippen LogP contribution in [-0.4, -0.2) is 23.3 Å². The van der Waals surface area contributed by atoms with Crippen LogP contribution in [0, 0.1) is 20.8 Å². The molecule has 0 aliphatic heterocycles. The van der Waals surface area contributed by atoms with Gasteiger partial charge in [0.05, 0.1) is 38.8 Å². The van der Waals surface area contributed by atoms with Gasteiger partial charge in [0.15, 0.2) is 11.0 Å². The molecule has 12 rings (SSSR count). The van der Waals surface area contributed by atoms with Crippen molar-refractivity contribution in [2.24, 2.45) is 7.05 Å². The van der Waals surface area contributed by atoms with Gasteiger partial charge in [-0.15, -0.1) is 0 Å². The van der Waals surface area contributed by atoms with Gasteiger partial charge in [0.1, 0.15) is 17.2 Å². The monoisotopic (exact) mass is 773 g/mol. The van der Waals surface area contributed by atoms with Gasteiger partial charge in [-0.2, -0.15) is 9.13 Å². The predicted molar refractivity (Wildman–Crippen MR) is 247 cm³/mol. The van der Waals surface area contributed by atoms with Crippen LogP contribution in [0.25, 0.3) is 99.8 Å². The molecule has 0 amide bonds. The maximum Gasteiger partial charge on any atom is 0.255 e. The molecule has 8 aromatic carbocycles. The molecule has 0 radical (unpaired) electrons. The van der Waals surface area contributed by atoms with Crippen molar-refractivity contribution in [3.8, 4) is 34.1 Å². The molecule has 0 atom stereocenters. The maximum absolute atomic E-state index is 5.15. The predicted octanol–water partition coefficient (Wildman–Crippen LogP) is 12.6. The van der Waals surface area contributed by atoms with Gasteiger partial charge >= 0.3 is 0 Å². The Bertz CT molecular complexity index is 3680. The van der Waals surface area contributed by atoms with Gasteiger partial charge < -0.3 is 13.7 Å². The number of imidazole rings is 2. The van der Waals surface area contributed by atoms with Crippen LogP contribution in [0.2, 0.25) is 0 Å². The second kappa shape index (κ2) is 12.9. The van der Waals surface area contributed by atoms with Crippen molar-refractivity contribution in [2.75, 3.05) is 0 Å². The van der Waals surface area contributed by atoms with Gasteiger partial charge in [-0.1, -0.05) is 96.6 Å². The number of nitrogens with zero attached hydrogens (tertiary/aromatic N) is 6. The largest absolute Gasteiger partial charge is 0.327 e. The highest BCUT2D eigenvalue weighted by Crippen LogP contribution is 2.43. The Labute approximate surface area is 347 Å². The number of rotatable bonds is 5. The van der Waals surface area contributed by atoms with Crippen molar-refractivity contribution >= 4 is 65.7 Å². The van der Waals surface area contributed by atoms with Crippen molar-refractivity contribution in [1.29, 1.82) is 0 Å². The van der Waals surface area contributed by atoms with Crippen LogP contribution >= 0.6 is 0 Å². The average Bonchev–Trinajstić information content (AvgIpc) is 4.01. The van der Waals surface area contributed by atoms with E-state index in [0.29, 0.717) is 0 Å². The van der Waals surface area contributed by atoms with Gasteiger partial charge in [0.2, 0.25) is 0 Å². The molecular weight excluding hydrogens is 733 g/mol. The van der Waals surface area contributed by atoms with E-state index in [4.69, 9.17) is 4.98 Å². The Morgan fingerprint density at radius 3 is 1.85 bits per heavy atom. The lowest BCUT2D eigenvalue weighted by Crippen LogP contribution is -2.31. The lowest BCUT2D eigenvalue weighted by atomic mass is 10.0. The molecule has 0 aliphatic carbocycles. The minimum atomic E-state index is 0.944. The first-order valence-electron chi connectivity index (χ1n) is 20.6. The summed E-state index contributed by atoms with van der Waals surface area (Å²) < 4.78 is 11.8. The SMILES string of the molecule is Cc1cc(C)c(-[n+]2cn(-c3cccc(-n4c5cc(-c6nc7ccccc7n6C)ccc5c5c6c7ccccc7n(-c7ccccc7)c6ccc54)c3)c3ccccc32)c(C)c1. The Kier molecular flexibility index (Phi) is 7.39. The van der Waals surface area contributed by atoms with Crippen molar-refractivity contribution in [3.05, 3.63) is 193 Å². The van der Waals surface area contributed by atoms with Crippen LogP contribution in [0.15, 0.2) is 176 Å². The quantitative estimate of drug-likeness (QED) is 0.160. The lowest BCUT2D eigenvalue weighted by molar-refractivity contribution is -0.568. The third kappa shape index (κ3) is 4.94. The summed E-state index contributed by atoms with van der Waals surface area (Å²) in [6.07, 6.45) is 2.26. The lowest BCUT2D eigenvalue weighted by Gasteiger charge is -2.11. The highest BCUT2D eigenvalue weighted by atomic mass is 15.1. The van der Waals surface area contributed by atoms with Gasteiger partial charge in [-0.05, 0) is 105 Å². The molecule has 0 N–H and O–H groups in total. The Balaban J connectivity index is 1.15. The Hall–Kier alpha value is -7.70. The van der Waals surface area contributed by atoms with E-state index in [1.54, 1.807) is 0 Å². The van der Waals surface area contributed by atoms with E-state index in [1.807, 2.05) is 0 Å². The number of aromatic nitrogens is 6. The highest BCUT2D eigenvalue weighted by molar-refractivity contribution is 6.29. The summed E-state index contributed by atoms with van der Waals surface area (Å²) in [5.74, 6) is 0.944. The van der Waals surface area contributed by atoms with Crippen molar-refractivity contribution < 1.29 is 4.57 Å². The van der Waals surface area contributed by atoms with E-state index in [1.165, 1.54) is 60.5 Å². The summed E-state index contributed by atoms with van der Waals surface area (Å²) in [4.78, 5) is 5.15. The summed E-state index contributed by atoms with van der Waals surface area (Å²) in [5, 5.41) is 4.93. The molecule has 0 spiro atoms. The highest BCUT2D eigenvalue weighted by Gasteiger charge is 2.25. The fourth-order valence-electron chi connectivity index (χ4n) is 10.1. The summed E-state index contributed by atoms with van der Waals surface area (Å²) in [6.45, 7) is 6.60. The minimum Gasteiger partial charge on any atom is -0.327 e. The van der Waals surface area contributed by atoms with Crippen LogP contribution in [0.3, 0.4) is 0 Å².